The maximum Gasteiger partial charge on any atom is 0.332 e. The lowest BCUT2D eigenvalue weighted by molar-refractivity contribution is -0.00000945. The molecule has 32 heavy (non-hydrogen) atoms. The predicted molar refractivity (Wildman–Crippen MR) is 129 cm³/mol. The summed E-state index contributed by atoms with van der Waals surface area (Å²) in [6.45, 7) is 0. The molecule has 0 radical (unpaired) electrons. The second-order valence-electron chi connectivity index (χ2n) is 7.13. The Labute approximate surface area is 204 Å². The van der Waals surface area contributed by atoms with Gasteiger partial charge in [-0.25, -0.2) is 0 Å². The summed E-state index contributed by atoms with van der Waals surface area (Å²) in [5, 5.41) is 3.43. The molecule has 0 fully saturated rings. The Bertz CT molecular complexity index is 1190. The first-order chi connectivity index (χ1) is 14.9. The van der Waals surface area contributed by atoms with Crippen molar-refractivity contribution >= 4 is 45.0 Å². The molecule has 0 heterocycles. The third-order valence-corrected chi connectivity index (χ3v) is 10.9. The maximum atomic E-state index is 14.3. The minimum absolute atomic E-state index is 0. The van der Waals surface area contributed by atoms with E-state index in [1.54, 1.807) is 6.07 Å². The van der Waals surface area contributed by atoms with Gasteiger partial charge in [-0.15, -0.1) is 3.89 Å². The van der Waals surface area contributed by atoms with Crippen LogP contribution in [0.1, 0.15) is 5.56 Å². The van der Waals surface area contributed by atoms with Crippen LogP contribution in [0.4, 0.5) is 3.89 Å². The van der Waals surface area contributed by atoms with Crippen LogP contribution >= 0.6 is 18.9 Å². The summed E-state index contributed by atoms with van der Waals surface area (Å²) < 4.78 is 38.2. The van der Waals surface area contributed by atoms with E-state index >= 15 is 0 Å². The van der Waals surface area contributed by atoms with Gasteiger partial charge in [0, 0.05) is 10.6 Å². The van der Waals surface area contributed by atoms with Crippen LogP contribution < -0.4 is 32.9 Å². The van der Waals surface area contributed by atoms with Crippen LogP contribution in [0, 0.1) is 0 Å². The molecule has 0 saturated heterocycles. The molecule has 0 aliphatic heterocycles. The van der Waals surface area contributed by atoms with Crippen molar-refractivity contribution in [1.29, 1.82) is 0 Å². The Balaban J connectivity index is 0.00000289. The first-order valence-corrected chi connectivity index (χ1v) is 13.4. The van der Waals surface area contributed by atoms with E-state index < -0.39 is 17.5 Å². The zero-order chi connectivity index (χ0) is 21.9. The molecule has 2 nitrogen and oxygen atoms in total. The first kappa shape index (κ1) is 24.6. The zero-order valence-corrected chi connectivity index (χ0v) is 21.0. The summed E-state index contributed by atoms with van der Waals surface area (Å²) in [5.41, 5.74) is 0.302. The largest absolute Gasteiger partial charge is 1.00 e. The number of hydrogen-bond acceptors (Lipinski definition) is 2. The quantitative estimate of drug-likeness (QED) is 0.274. The fourth-order valence-corrected chi connectivity index (χ4v) is 9.44. The van der Waals surface area contributed by atoms with E-state index in [4.69, 9.17) is 11.6 Å². The average molecular weight is 550 g/mol. The molecule has 0 unspecified atom stereocenters. The van der Waals surface area contributed by atoms with E-state index in [0.29, 0.717) is 5.56 Å². The maximum absolute atomic E-state index is 14.3. The van der Waals surface area contributed by atoms with Gasteiger partial charge in [0.25, 0.3) is 0 Å². The van der Waals surface area contributed by atoms with Crippen molar-refractivity contribution in [3.05, 3.63) is 120 Å². The summed E-state index contributed by atoms with van der Waals surface area (Å²) in [7, 11) is -7.36. The number of benzene rings is 4. The summed E-state index contributed by atoms with van der Waals surface area (Å²) in [6.07, 6.45) is 0.281. The SMILES string of the molecule is O=S(=O)(F)c1cccc(Cl)c1C[P+](c1ccccc1)(c1ccccc1)c1ccccc1.[Br-]. The number of rotatable bonds is 6. The minimum Gasteiger partial charge on any atom is -1.00 e. The van der Waals surface area contributed by atoms with Gasteiger partial charge in [-0.3, -0.25) is 0 Å². The molecule has 0 atom stereocenters. The van der Waals surface area contributed by atoms with Gasteiger partial charge in [0.2, 0.25) is 0 Å². The minimum atomic E-state index is -4.94. The van der Waals surface area contributed by atoms with E-state index in [9.17, 15) is 12.3 Å². The van der Waals surface area contributed by atoms with Gasteiger partial charge in [-0.1, -0.05) is 72.3 Å². The average Bonchev–Trinajstić information content (AvgIpc) is 2.79. The van der Waals surface area contributed by atoms with Crippen LogP contribution in [0.25, 0.3) is 0 Å². The first-order valence-electron chi connectivity index (χ1n) is 9.70. The lowest BCUT2D eigenvalue weighted by atomic mass is 10.2. The van der Waals surface area contributed by atoms with Gasteiger partial charge in [0.1, 0.15) is 34.2 Å². The molecule has 0 aliphatic rings. The van der Waals surface area contributed by atoms with Gasteiger partial charge in [-0.2, -0.15) is 8.42 Å². The molecular weight excluding hydrogens is 530 g/mol. The van der Waals surface area contributed by atoms with Crippen molar-refractivity contribution < 1.29 is 29.3 Å². The molecule has 4 aromatic carbocycles. The fraction of sp³-hybridized carbons (Fsp3) is 0.0400. The van der Waals surface area contributed by atoms with Gasteiger partial charge >= 0.3 is 10.2 Å². The van der Waals surface area contributed by atoms with Crippen LogP contribution in [0.5, 0.6) is 0 Å². The monoisotopic (exact) mass is 548 g/mol. The van der Waals surface area contributed by atoms with E-state index in [-0.39, 0.29) is 33.1 Å². The molecule has 4 aromatic rings. The summed E-state index contributed by atoms with van der Waals surface area (Å²) in [6, 6.07) is 34.3. The van der Waals surface area contributed by atoms with Crippen LogP contribution in [-0.4, -0.2) is 8.42 Å². The van der Waals surface area contributed by atoms with E-state index in [1.165, 1.54) is 12.1 Å². The van der Waals surface area contributed by atoms with E-state index in [1.807, 2.05) is 91.0 Å². The third kappa shape index (κ3) is 4.82. The molecule has 164 valence electrons. The van der Waals surface area contributed by atoms with Crippen LogP contribution in [-0.2, 0) is 16.4 Å². The fourth-order valence-electron chi connectivity index (χ4n) is 3.93. The summed E-state index contributed by atoms with van der Waals surface area (Å²) in [4.78, 5) is -0.368. The number of halogens is 3. The molecule has 0 N–H and O–H groups in total. The topological polar surface area (TPSA) is 34.1 Å². The zero-order valence-electron chi connectivity index (χ0n) is 16.9. The second kappa shape index (κ2) is 10.3. The van der Waals surface area contributed by atoms with Gasteiger partial charge in [-0.05, 0) is 48.5 Å². The Morgan fingerprint density at radius 3 is 1.44 bits per heavy atom. The van der Waals surface area contributed by atoms with Crippen LogP contribution in [0.3, 0.4) is 0 Å². The normalized spacial score (nSPS) is 11.6. The van der Waals surface area contributed by atoms with Crippen LogP contribution in [0.15, 0.2) is 114 Å². The summed E-state index contributed by atoms with van der Waals surface area (Å²) >= 11 is 6.49. The van der Waals surface area contributed by atoms with Gasteiger partial charge in [0.05, 0.1) is 0 Å². The molecule has 0 amide bonds. The van der Waals surface area contributed by atoms with Gasteiger partial charge < -0.3 is 17.0 Å². The highest BCUT2D eigenvalue weighted by Gasteiger charge is 2.46. The Hall–Kier alpha value is -2.04. The second-order valence-corrected chi connectivity index (χ2v) is 12.3. The summed E-state index contributed by atoms with van der Waals surface area (Å²) in [5.74, 6) is 0. The molecule has 0 saturated carbocycles. The lowest BCUT2D eigenvalue weighted by Crippen LogP contribution is -3.00. The molecule has 0 spiro atoms. The van der Waals surface area contributed by atoms with Crippen molar-refractivity contribution in [1.82, 2.24) is 0 Å². The molecule has 7 heteroatoms. The van der Waals surface area contributed by atoms with Crippen molar-refractivity contribution in [2.24, 2.45) is 0 Å². The third-order valence-electron chi connectivity index (χ3n) is 5.32. The van der Waals surface area contributed by atoms with Gasteiger partial charge in [0.15, 0.2) is 0 Å². The van der Waals surface area contributed by atoms with Crippen molar-refractivity contribution in [2.45, 2.75) is 11.1 Å². The van der Waals surface area contributed by atoms with E-state index in [2.05, 4.69) is 0 Å². The lowest BCUT2D eigenvalue weighted by Gasteiger charge is -2.28. The predicted octanol–water partition coefficient (Wildman–Crippen LogP) is 2.50. The highest BCUT2D eigenvalue weighted by atomic mass is 79.9. The highest BCUT2D eigenvalue weighted by Crippen LogP contribution is 2.59. The number of hydrogen-bond donors (Lipinski definition) is 0. The Morgan fingerprint density at radius 1 is 0.656 bits per heavy atom. The Morgan fingerprint density at radius 2 is 1.06 bits per heavy atom. The molecule has 0 aromatic heterocycles. The van der Waals surface area contributed by atoms with Crippen molar-refractivity contribution in [3.8, 4) is 0 Å². The molecular formula is C25H20BrClFO2PS. The standard InChI is InChI=1S/C25H20ClFO2PS.BrH/c26-24-17-10-18-25(31(27,28)29)23(24)19-30(20-11-4-1-5-12-20,21-13-6-2-7-14-21)22-15-8-3-9-16-22;/h1-18H,19H2;1H/q+1;/p-1. The highest BCUT2D eigenvalue weighted by molar-refractivity contribution is 7.95. The van der Waals surface area contributed by atoms with Crippen LogP contribution in [0.2, 0.25) is 5.02 Å². The smallest absolute Gasteiger partial charge is 0.332 e. The molecule has 0 aliphatic carbocycles. The molecule has 4 rings (SSSR count). The van der Waals surface area contributed by atoms with Crippen molar-refractivity contribution in [3.63, 3.8) is 0 Å². The Kier molecular flexibility index (Phi) is 7.89. The van der Waals surface area contributed by atoms with Crippen molar-refractivity contribution in [2.75, 3.05) is 0 Å². The van der Waals surface area contributed by atoms with E-state index in [0.717, 1.165) is 15.9 Å². The molecule has 0 bridgehead atoms.